The lowest BCUT2D eigenvalue weighted by molar-refractivity contribution is 0.753. The maximum absolute atomic E-state index is 4.77. The molecule has 0 bridgehead atoms. The lowest BCUT2D eigenvalue weighted by atomic mass is 10.1. The Hall–Kier alpha value is -2.13. The number of nitrogens with zero attached hydrogens (tertiary/aromatic N) is 2. The minimum Gasteiger partial charge on any atom is -0.313 e. The fourth-order valence-corrected chi connectivity index (χ4v) is 2.37. The van der Waals surface area contributed by atoms with Gasteiger partial charge in [-0.25, -0.2) is 4.98 Å². The quantitative estimate of drug-likeness (QED) is 0.772. The van der Waals surface area contributed by atoms with Crippen molar-refractivity contribution in [2.24, 2.45) is 0 Å². The van der Waals surface area contributed by atoms with Crippen LogP contribution in [0.3, 0.4) is 0 Å². The molecule has 3 nitrogen and oxygen atoms in total. The molecule has 0 spiro atoms. The van der Waals surface area contributed by atoms with Gasteiger partial charge in [-0.05, 0) is 24.7 Å². The van der Waals surface area contributed by atoms with Crippen molar-refractivity contribution in [1.82, 2.24) is 14.7 Å². The summed E-state index contributed by atoms with van der Waals surface area (Å²) < 4.78 is 2.16. The van der Waals surface area contributed by atoms with Crippen LogP contribution in [0.5, 0.6) is 0 Å². The highest BCUT2D eigenvalue weighted by Crippen LogP contribution is 2.16. The summed E-state index contributed by atoms with van der Waals surface area (Å²) in [5.41, 5.74) is 3.62. The van der Waals surface area contributed by atoms with Crippen LogP contribution in [0.2, 0.25) is 0 Å². The molecule has 3 rings (SSSR count). The maximum atomic E-state index is 4.77. The number of fused-ring (bicyclic) bond motifs is 1. The zero-order chi connectivity index (χ0) is 13.1. The van der Waals surface area contributed by atoms with E-state index in [2.05, 4.69) is 52.3 Å². The second-order valence-corrected chi connectivity index (χ2v) is 4.62. The number of nitrogens with one attached hydrogen (secondary N) is 1. The molecule has 0 radical (unpaired) electrons. The lowest BCUT2D eigenvalue weighted by Gasteiger charge is -1.99. The van der Waals surface area contributed by atoms with Crippen LogP contribution in [-0.4, -0.2) is 16.4 Å². The van der Waals surface area contributed by atoms with E-state index in [9.17, 15) is 0 Å². The first kappa shape index (κ1) is 11.9. The van der Waals surface area contributed by atoms with E-state index in [0.29, 0.717) is 0 Å². The molecular weight excluding hydrogens is 234 g/mol. The van der Waals surface area contributed by atoms with Crippen LogP contribution in [0.15, 0.2) is 54.7 Å². The molecule has 0 amide bonds. The standard InChI is InChI=1S/C16H17N3/c1-17-12-16-18-14(11-13-7-3-2-4-8-13)15-9-5-6-10-19(15)16/h2-10,17H,11-12H2,1H3. The number of hydrogen-bond donors (Lipinski definition) is 1. The third-order valence-electron chi connectivity index (χ3n) is 3.25. The molecule has 0 unspecified atom stereocenters. The Balaban J connectivity index is 2.03. The minimum atomic E-state index is 0.778. The van der Waals surface area contributed by atoms with Gasteiger partial charge in [-0.1, -0.05) is 36.4 Å². The topological polar surface area (TPSA) is 29.3 Å². The fourth-order valence-electron chi connectivity index (χ4n) is 2.37. The first-order valence-electron chi connectivity index (χ1n) is 6.52. The van der Waals surface area contributed by atoms with Crippen molar-refractivity contribution >= 4 is 5.52 Å². The normalized spacial score (nSPS) is 11.0. The second-order valence-electron chi connectivity index (χ2n) is 4.62. The van der Waals surface area contributed by atoms with Crippen LogP contribution >= 0.6 is 0 Å². The van der Waals surface area contributed by atoms with Gasteiger partial charge in [0.1, 0.15) is 5.82 Å². The second kappa shape index (κ2) is 5.24. The summed E-state index contributed by atoms with van der Waals surface area (Å²) in [4.78, 5) is 4.77. The highest BCUT2D eigenvalue weighted by atomic mass is 15.1. The summed E-state index contributed by atoms with van der Waals surface area (Å²) >= 11 is 0. The molecule has 2 heterocycles. The molecule has 19 heavy (non-hydrogen) atoms. The van der Waals surface area contributed by atoms with Crippen LogP contribution in [-0.2, 0) is 13.0 Å². The highest BCUT2D eigenvalue weighted by Gasteiger charge is 2.10. The molecule has 3 heteroatoms. The van der Waals surface area contributed by atoms with Crippen molar-refractivity contribution < 1.29 is 0 Å². The molecule has 2 aromatic heterocycles. The van der Waals surface area contributed by atoms with Gasteiger partial charge in [0.15, 0.2) is 0 Å². The number of rotatable bonds is 4. The minimum absolute atomic E-state index is 0.778. The number of benzene rings is 1. The molecule has 1 N–H and O–H groups in total. The van der Waals surface area contributed by atoms with Crippen LogP contribution in [0.1, 0.15) is 17.1 Å². The van der Waals surface area contributed by atoms with E-state index in [-0.39, 0.29) is 0 Å². The molecule has 3 aromatic rings. The Kier molecular flexibility index (Phi) is 3.29. The van der Waals surface area contributed by atoms with Crippen LogP contribution in [0.4, 0.5) is 0 Å². The van der Waals surface area contributed by atoms with E-state index < -0.39 is 0 Å². The Morgan fingerprint density at radius 1 is 1.05 bits per heavy atom. The first-order valence-corrected chi connectivity index (χ1v) is 6.52. The molecule has 0 atom stereocenters. The Labute approximate surface area is 112 Å². The van der Waals surface area contributed by atoms with Gasteiger partial charge in [0.05, 0.1) is 17.8 Å². The van der Waals surface area contributed by atoms with Gasteiger partial charge in [0.2, 0.25) is 0 Å². The van der Waals surface area contributed by atoms with E-state index in [0.717, 1.165) is 24.5 Å². The third kappa shape index (κ3) is 2.37. The van der Waals surface area contributed by atoms with E-state index >= 15 is 0 Å². The van der Waals surface area contributed by atoms with Crippen LogP contribution in [0.25, 0.3) is 5.52 Å². The Bertz CT molecular complexity index is 671. The van der Waals surface area contributed by atoms with Crippen molar-refractivity contribution in [3.05, 3.63) is 71.8 Å². The molecule has 96 valence electrons. The van der Waals surface area contributed by atoms with Gasteiger partial charge in [0.25, 0.3) is 0 Å². The zero-order valence-corrected chi connectivity index (χ0v) is 11.0. The summed E-state index contributed by atoms with van der Waals surface area (Å²) in [6.07, 6.45) is 2.95. The predicted octanol–water partition coefficient (Wildman–Crippen LogP) is 2.64. The van der Waals surface area contributed by atoms with Crippen molar-refractivity contribution in [2.45, 2.75) is 13.0 Å². The molecule has 0 aliphatic carbocycles. The summed E-state index contributed by atoms with van der Waals surface area (Å²) in [6.45, 7) is 0.778. The summed E-state index contributed by atoms with van der Waals surface area (Å²) in [6, 6.07) is 16.7. The number of hydrogen-bond acceptors (Lipinski definition) is 2. The molecule has 0 fully saturated rings. The van der Waals surface area contributed by atoms with Crippen molar-refractivity contribution in [3.8, 4) is 0 Å². The van der Waals surface area contributed by atoms with Gasteiger partial charge in [-0.15, -0.1) is 0 Å². The van der Waals surface area contributed by atoms with E-state index in [1.54, 1.807) is 0 Å². The summed E-state index contributed by atoms with van der Waals surface area (Å²) in [7, 11) is 1.95. The largest absolute Gasteiger partial charge is 0.313 e. The van der Waals surface area contributed by atoms with Crippen molar-refractivity contribution in [2.75, 3.05) is 7.05 Å². The SMILES string of the molecule is CNCc1nc(Cc2ccccc2)c2ccccn12. The monoisotopic (exact) mass is 251 g/mol. The fraction of sp³-hybridized carbons (Fsp3) is 0.188. The average Bonchev–Trinajstić information content (AvgIpc) is 2.79. The summed E-state index contributed by atoms with van der Waals surface area (Å²) in [5.74, 6) is 1.06. The van der Waals surface area contributed by atoms with Crippen LogP contribution < -0.4 is 5.32 Å². The van der Waals surface area contributed by atoms with Crippen LogP contribution in [0, 0.1) is 0 Å². The molecule has 0 aliphatic rings. The van der Waals surface area contributed by atoms with Gasteiger partial charge in [0, 0.05) is 12.6 Å². The molecule has 1 aromatic carbocycles. The lowest BCUT2D eigenvalue weighted by Crippen LogP contribution is -2.08. The van der Waals surface area contributed by atoms with Crippen molar-refractivity contribution in [1.29, 1.82) is 0 Å². The molecule has 0 aliphatic heterocycles. The highest BCUT2D eigenvalue weighted by molar-refractivity contribution is 5.54. The number of imidazole rings is 1. The molecular formula is C16H17N3. The van der Waals surface area contributed by atoms with E-state index in [1.165, 1.54) is 11.1 Å². The summed E-state index contributed by atoms with van der Waals surface area (Å²) in [5, 5.41) is 3.17. The third-order valence-corrected chi connectivity index (χ3v) is 3.25. The average molecular weight is 251 g/mol. The van der Waals surface area contributed by atoms with E-state index in [4.69, 9.17) is 4.98 Å². The van der Waals surface area contributed by atoms with Gasteiger partial charge in [-0.2, -0.15) is 0 Å². The van der Waals surface area contributed by atoms with Crippen molar-refractivity contribution in [3.63, 3.8) is 0 Å². The number of aromatic nitrogens is 2. The van der Waals surface area contributed by atoms with Gasteiger partial charge < -0.3 is 9.72 Å². The van der Waals surface area contributed by atoms with Gasteiger partial charge in [-0.3, -0.25) is 0 Å². The first-order chi connectivity index (χ1) is 9.38. The smallest absolute Gasteiger partial charge is 0.127 e. The molecule has 0 saturated heterocycles. The maximum Gasteiger partial charge on any atom is 0.127 e. The zero-order valence-electron chi connectivity index (χ0n) is 11.0. The van der Waals surface area contributed by atoms with Gasteiger partial charge >= 0.3 is 0 Å². The Morgan fingerprint density at radius 2 is 1.84 bits per heavy atom. The van der Waals surface area contributed by atoms with E-state index in [1.807, 2.05) is 19.2 Å². The molecule has 0 saturated carbocycles. The predicted molar refractivity (Wildman–Crippen MR) is 77.2 cm³/mol. The number of pyridine rings is 1. The Morgan fingerprint density at radius 3 is 2.63 bits per heavy atom.